The molecule has 0 aliphatic carbocycles. The molecule has 3 aromatic carbocycles. The Morgan fingerprint density at radius 1 is 0.800 bits per heavy atom. The lowest BCUT2D eigenvalue weighted by atomic mass is 10.1. The lowest BCUT2D eigenvalue weighted by Crippen LogP contribution is -2.01. The summed E-state index contributed by atoms with van der Waals surface area (Å²) in [6.07, 6.45) is 0. The molecule has 0 amide bonds. The first-order chi connectivity index (χ1) is 9.72. The largest absolute Gasteiger partial charge is 0.508 e. The minimum absolute atomic E-state index is 0.0490. The van der Waals surface area contributed by atoms with Crippen molar-refractivity contribution in [2.24, 2.45) is 0 Å². The maximum Gasteiger partial charge on any atom is 0.200 e. The molecule has 0 spiro atoms. The van der Waals surface area contributed by atoms with Crippen molar-refractivity contribution in [3.63, 3.8) is 0 Å². The average Bonchev–Trinajstić information content (AvgIpc) is 2.46. The normalized spacial score (nSPS) is 11.4. The van der Waals surface area contributed by atoms with Crippen molar-refractivity contribution in [2.45, 2.75) is 0 Å². The summed E-state index contributed by atoms with van der Waals surface area (Å²) in [5, 5.41) is 12.4. The molecule has 96 valence electrons. The van der Waals surface area contributed by atoms with Crippen molar-refractivity contribution in [2.75, 3.05) is 0 Å². The van der Waals surface area contributed by atoms with E-state index in [4.69, 9.17) is 4.42 Å². The predicted octanol–water partition coefficient (Wildman–Crippen LogP) is 3.81. The van der Waals surface area contributed by atoms with Gasteiger partial charge in [-0.25, -0.2) is 0 Å². The zero-order valence-electron chi connectivity index (χ0n) is 10.5. The highest BCUT2D eigenvalue weighted by Crippen LogP contribution is 2.26. The van der Waals surface area contributed by atoms with E-state index in [-0.39, 0.29) is 11.2 Å². The van der Waals surface area contributed by atoms with Gasteiger partial charge in [0, 0.05) is 0 Å². The standard InChI is InChI=1S/C17H10O3/c18-12-6-5-10-9-16-14(8-11(10)7-12)17(19)13-3-1-2-4-15(13)20-16/h1-9,18H. The van der Waals surface area contributed by atoms with Gasteiger partial charge in [-0.15, -0.1) is 0 Å². The maximum absolute atomic E-state index is 12.5. The number of para-hydroxylation sites is 1. The molecule has 0 saturated carbocycles. The van der Waals surface area contributed by atoms with Gasteiger partial charge in [0.2, 0.25) is 5.43 Å². The van der Waals surface area contributed by atoms with Gasteiger partial charge in [0.1, 0.15) is 16.9 Å². The van der Waals surface area contributed by atoms with Crippen molar-refractivity contribution >= 4 is 32.7 Å². The van der Waals surface area contributed by atoms with Crippen LogP contribution in [0.4, 0.5) is 0 Å². The van der Waals surface area contributed by atoms with E-state index in [0.29, 0.717) is 21.9 Å². The van der Waals surface area contributed by atoms with Crippen LogP contribution in [-0.4, -0.2) is 5.11 Å². The van der Waals surface area contributed by atoms with Crippen LogP contribution in [0.5, 0.6) is 5.75 Å². The number of aromatic hydroxyl groups is 1. The maximum atomic E-state index is 12.5. The molecule has 1 heterocycles. The molecule has 3 nitrogen and oxygen atoms in total. The SMILES string of the molecule is O=c1c2ccccc2oc2cc3ccc(O)cc3cc12. The van der Waals surface area contributed by atoms with Crippen LogP contribution in [-0.2, 0) is 0 Å². The molecule has 0 aliphatic rings. The van der Waals surface area contributed by atoms with E-state index in [1.54, 1.807) is 36.4 Å². The Morgan fingerprint density at radius 2 is 1.65 bits per heavy atom. The Balaban J connectivity index is 2.25. The number of fused-ring (bicyclic) bond motifs is 3. The van der Waals surface area contributed by atoms with Gasteiger partial charge in [-0.3, -0.25) is 4.79 Å². The molecule has 0 fully saturated rings. The van der Waals surface area contributed by atoms with E-state index < -0.39 is 0 Å². The molecule has 0 bridgehead atoms. The van der Waals surface area contributed by atoms with Gasteiger partial charge in [-0.2, -0.15) is 0 Å². The molecule has 1 aromatic heterocycles. The van der Waals surface area contributed by atoms with Crippen molar-refractivity contribution in [3.8, 4) is 5.75 Å². The fourth-order valence-corrected chi connectivity index (χ4v) is 2.53. The third kappa shape index (κ3) is 1.50. The summed E-state index contributed by atoms with van der Waals surface area (Å²) in [6.45, 7) is 0. The Morgan fingerprint density at radius 3 is 2.55 bits per heavy atom. The number of phenolic OH excluding ortho intramolecular Hbond substituents is 1. The smallest absolute Gasteiger partial charge is 0.200 e. The zero-order chi connectivity index (χ0) is 13.7. The molecule has 1 N–H and O–H groups in total. The minimum Gasteiger partial charge on any atom is -0.508 e. The zero-order valence-corrected chi connectivity index (χ0v) is 10.5. The summed E-state index contributed by atoms with van der Waals surface area (Å²) in [5.41, 5.74) is 1.10. The van der Waals surface area contributed by atoms with Crippen LogP contribution < -0.4 is 5.43 Å². The van der Waals surface area contributed by atoms with E-state index in [0.717, 1.165) is 10.8 Å². The lowest BCUT2D eigenvalue weighted by Gasteiger charge is -2.04. The van der Waals surface area contributed by atoms with E-state index >= 15 is 0 Å². The molecule has 0 radical (unpaired) electrons. The highest BCUT2D eigenvalue weighted by molar-refractivity contribution is 5.99. The van der Waals surface area contributed by atoms with Crippen molar-refractivity contribution < 1.29 is 9.52 Å². The van der Waals surface area contributed by atoms with Gasteiger partial charge in [-0.05, 0) is 47.2 Å². The third-order valence-corrected chi connectivity index (χ3v) is 3.52. The van der Waals surface area contributed by atoms with Gasteiger partial charge in [0.15, 0.2) is 0 Å². The second-order valence-corrected chi connectivity index (χ2v) is 4.81. The van der Waals surface area contributed by atoms with Crippen LogP contribution in [0.15, 0.2) is 63.8 Å². The van der Waals surface area contributed by atoms with E-state index in [2.05, 4.69) is 0 Å². The van der Waals surface area contributed by atoms with Gasteiger partial charge >= 0.3 is 0 Å². The third-order valence-electron chi connectivity index (χ3n) is 3.52. The molecule has 3 heteroatoms. The van der Waals surface area contributed by atoms with Crippen LogP contribution in [0.1, 0.15) is 0 Å². The lowest BCUT2D eigenvalue weighted by molar-refractivity contribution is 0.476. The van der Waals surface area contributed by atoms with Crippen molar-refractivity contribution in [3.05, 3.63) is 64.8 Å². The first-order valence-corrected chi connectivity index (χ1v) is 6.31. The Labute approximate surface area is 113 Å². The van der Waals surface area contributed by atoms with E-state index in [1.807, 2.05) is 18.2 Å². The topological polar surface area (TPSA) is 50.4 Å². The monoisotopic (exact) mass is 262 g/mol. The van der Waals surface area contributed by atoms with E-state index in [1.165, 1.54) is 0 Å². The second-order valence-electron chi connectivity index (χ2n) is 4.81. The van der Waals surface area contributed by atoms with Gasteiger partial charge in [-0.1, -0.05) is 18.2 Å². The molecule has 4 rings (SSSR count). The summed E-state index contributed by atoms with van der Waals surface area (Å²) in [4.78, 5) is 12.5. The van der Waals surface area contributed by atoms with E-state index in [9.17, 15) is 9.90 Å². The first kappa shape index (κ1) is 11.1. The molecule has 0 aliphatic heterocycles. The molecule has 0 unspecified atom stereocenters. The fraction of sp³-hybridized carbons (Fsp3) is 0. The Hall–Kier alpha value is -2.81. The second kappa shape index (κ2) is 3.84. The minimum atomic E-state index is -0.0490. The molecule has 4 aromatic rings. The van der Waals surface area contributed by atoms with Crippen LogP contribution in [0.2, 0.25) is 0 Å². The Kier molecular flexibility index (Phi) is 2.12. The van der Waals surface area contributed by atoms with Crippen LogP contribution in [0, 0.1) is 0 Å². The van der Waals surface area contributed by atoms with Crippen LogP contribution in [0.3, 0.4) is 0 Å². The number of phenols is 1. The van der Waals surface area contributed by atoms with Crippen LogP contribution in [0.25, 0.3) is 32.7 Å². The van der Waals surface area contributed by atoms with Gasteiger partial charge in [0.25, 0.3) is 0 Å². The summed E-state index contributed by atoms with van der Waals surface area (Å²) >= 11 is 0. The molecule has 0 saturated heterocycles. The fourth-order valence-electron chi connectivity index (χ4n) is 2.53. The molecule has 20 heavy (non-hydrogen) atoms. The highest BCUT2D eigenvalue weighted by atomic mass is 16.3. The van der Waals surface area contributed by atoms with Gasteiger partial charge < -0.3 is 9.52 Å². The summed E-state index contributed by atoms with van der Waals surface area (Å²) in [6, 6.07) is 15.9. The number of hydrogen-bond acceptors (Lipinski definition) is 3. The Bertz CT molecular complexity index is 1030. The van der Waals surface area contributed by atoms with Crippen LogP contribution >= 0.6 is 0 Å². The number of hydrogen-bond donors (Lipinski definition) is 1. The molecular formula is C17H10O3. The van der Waals surface area contributed by atoms with Gasteiger partial charge in [0.05, 0.1) is 10.8 Å². The highest BCUT2D eigenvalue weighted by Gasteiger charge is 2.08. The average molecular weight is 262 g/mol. The number of rotatable bonds is 0. The van der Waals surface area contributed by atoms with Crippen molar-refractivity contribution in [1.29, 1.82) is 0 Å². The first-order valence-electron chi connectivity index (χ1n) is 6.31. The summed E-state index contributed by atoms with van der Waals surface area (Å²) in [7, 11) is 0. The predicted molar refractivity (Wildman–Crippen MR) is 79.2 cm³/mol. The molecular weight excluding hydrogens is 252 g/mol. The molecule has 0 atom stereocenters. The summed E-state index contributed by atoms with van der Waals surface area (Å²) < 4.78 is 5.80. The number of benzene rings is 3. The quantitative estimate of drug-likeness (QED) is 0.490. The summed E-state index contributed by atoms with van der Waals surface area (Å²) in [5.74, 6) is 0.182. The van der Waals surface area contributed by atoms with Crippen molar-refractivity contribution in [1.82, 2.24) is 0 Å².